The van der Waals surface area contributed by atoms with Gasteiger partial charge in [-0.25, -0.2) is 4.98 Å². The summed E-state index contributed by atoms with van der Waals surface area (Å²) in [6.45, 7) is 2.41. The molecule has 4 nitrogen and oxygen atoms in total. The Bertz CT molecular complexity index is 659. The van der Waals surface area contributed by atoms with Crippen LogP contribution in [0.4, 0.5) is 0 Å². The highest BCUT2D eigenvalue weighted by Gasteiger charge is 2.06. The monoisotopic (exact) mass is 288 g/mol. The van der Waals surface area contributed by atoms with E-state index in [-0.39, 0.29) is 0 Å². The molecule has 0 radical (unpaired) electrons. The number of aromatic nitrogens is 2. The number of imidazole rings is 1. The first-order valence-corrected chi connectivity index (χ1v) is 7.46. The Morgan fingerprint density at radius 3 is 2.85 bits per heavy atom. The first kappa shape index (κ1) is 13.1. The standard InChI is InChI=1S/C15H16N2O2S/c1-2-14(18)11-3-5-13(6-4-11)19-10-12-9-17-7-8-20-15(17)16-12/h3-9,14,18H,2,10H2,1H3/t14-/m1/s1. The number of benzene rings is 1. The van der Waals surface area contributed by atoms with Gasteiger partial charge in [-0.1, -0.05) is 19.1 Å². The van der Waals surface area contributed by atoms with Crippen molar-refractivity contribution >= 4 is 16.3 Å². The first-order valence-electron chi connectivity index (χ1n) is 6.58. The Morgan fingerprint density at radius 2 is 2.15 bits per heavy atom. The van der Waals surface area contributed by atoms with Gasteiger partial charge < -0.3 is 9.84 Å². The predicted octanol–water partition coefficient (Wildman–Crippen LogP) is 3.42. The lowest BCUT2D eigenvalue weighted by atomic mass is 10.1. The van der Waals surface area contributed by atoms with Crippen molar-refractivity contribution in [2.75, 3.05) is 0 Å². The van der Waals surface area contributed by atoms with Gasteiger partial charge in [0.1, 0.15) is 12.4 Å². The largest absolute Gasteiger partial charge is 0.487 e. The smallest absolute Gasteiger partial charge is 0.193 e. The molecule has 0 aliphatic rings. The maximum absolute atomic E-state index is 9.73. The molecule has 1 N–H and O–H groups in total. The van der Waals surface area contributed by atoms with Gasteiger partial charge >= 0.3 is 0 Å². The average Bonchev–Trinajstić information content (AvgIpc) is 3.06. The SMILES string of the molecule is CC[C@@H](O)c1ccc(OCc2cn3ccsc3n2)cc1. The molecule has 0 saturated carbocycles. The molecule has 2 heterocycles. The lowest BCUT2D eigenvalue weighted by Gasteiger charge is -2.09. The summed E-state index contributed by atoms with van der Waals surface area (Å²) in [6, 6.07) is 7.56. The molecule has 2 aromatic heterocycles. The summed E-state index contributed by atoms with van der Waals surface area (Å²) in [7, 11) is 0. The van der Waals surface area contributed by atoms with Crippen molar-refractivity contribution < 1.29 is 9.84 Å². The van der Waals surface area contributed by atoms with Crippen LogP contribution in [0.1, 0.15) is 30.7 Å². The van der Waals surface area contributed by atoms with Crippen molar-refractivity contribution in [3.05, 3.63) is 53.3 Å². The third-order valence-electron chi connectivity index (χ3n) is 3.18. The van der Waals surface area contributed by atoms with E-state index in [1.54, 1.807) is 11.3 Å². The van der Waals surface area contributed by atoms with E-state index in [2.05, 4.69) is 4.98 Å². The van der Waals surface area contributed by atoms with Gasteiger partial charge in [-0.15, -0.1) is 11.3 Å². The number of nitrogens with zero attached hydrogens (tertiary/aromatic N) is 2. The zero-order chi connectivity index (χ0) is 13.9. The molecule has 0 aliphatic heterocycles. The molecular formula is C15H16N2O2S. The second-order valence-electron chi connectivity index (χ2n) is 4.61. The fourth-order valence-electron chi connectivity index (χ4n) is 2.02. The van der Waals surface area contributed by atoms with Crippen molar-refractivity contribution in [1.29, 1.82) is 0 Å². The van der Waals surface area contributed by atoms with Crippen LogP contribution in [-0.4, -0.2) is 14.5 Å². The van der Waals surface area contributed by atoms with Gasteiger partial charge in [-0.2, -0.15) is 0 Å². The van der Waals surface area contributed by atoms with Crippen molar-refractivity contribution in [3.8, 4) is 5.75 Å². The van der Waals surface area contributed by atoms with Crippen molar-refractivity contribution in [1.82, 2.24) is 9.38 Å². The highest BCUT2D eigenvalue weighted by atomic mass is 32.1. The summed E-state index contributed by atoms with van der Waals surface area (Å²) in [5.41, 5.74) is 1.83. The molecular weight excluding hydrogens is 272 g/mol. The number of hydrogen-bond acceptors (Lipinski definition) is 4. The quantitative estimate of drug-likeness (QED) is 0.782. The van der Waals surface area contributed by atoms with Crippen LogP contribution in [0.2, 0.25) is 0 Å². The maximum Gasteiger partial charge on any atom is 0.193 e. The number of aliphatic hydroxyl groups excluding tert-OH is 1. The van der Waals surface area contributed by atoms with Gasteiger partial charge in [0.25, 0.3) is 0 Å². The summed E-state index contributed by atoms with van der Waals surface area (Å²) in [4.78, 5) is 5.44. The molecule has 0 aliphatic carbocycles. The first-order chi connectivity index (χ1) is 9.76. The molecule has 3 rings (SSSR count). The van der Waals surface area contributed by atoms with Gasteiger partial charge in [0.05, 0.1) is 11.8 Å². The van der Waals surface area contributed by atoms with E-state index in [4.69, 9.17) is 4.74 Å². The Balaban J connectivity index is 1.64. The lowest BCUT2D eigenvalue weighted by Crippen LogP contribution is -1.97. The molecule has 0 spiro atoms. The van der Waals surface area contributed by atoms with E-state index in [0.717, 1.165) is 22.0 Å². The molecule has 0 fully saturated rings. The van der Waals surface area contributed by atoms with E-state index in [1.165, 1.54) is 0 Å². The Labute approximate surface area is 121 Å². The van der Waals surface area contributed by atoms with Crippen molar-refractivity contribution in [2.45, 2.75) is 26.1 Å². The summed E-state index contributed by atoms with van der Waals surface area (Å²) < 4.78 is 7.70. The summed E-state index contributed by atoms with van der Waals surface area (Å²) in [6.07, 6.45) is 4.27. The van der Waals surface area contributed by atoms with E-state index < -0.39 is 6.10 Å². The Morgan fingerprint density at radius 1 is 1.35 bits per heavy atom. The number of ether oxygens (including phenoxy) is 1. The Kier molecular flexibility index (Phi) is 3.71. The van der Waals surface area contributed by atoms with E-state index in [9.17, 15) is 5.11 Å². The number of aliphatic hydroxyl groups is 1. The fraction of sp³-hybridized carbons (Fsp3) is 0.267. The van der Waals surface area contributed by atoms with E-state index in [1.807, 2.05) is 53.4 Å². The molecule has 104 valence electrons. The molecule has 0 bridgehead atoms. The number of fused-ring (bicyclic) bond motifs is 1. The molecule has 5 heteroatoms. The third kappa shape index (κ3) is 2.69. The van der Waals surface area contributed by atoms with Crippen LogP contribution in [0.3, 0.4) is 0 Å². The number of thiazole rings is 1. The van der Waals surface area contributed by atoms with Crippen LogP contribution in [0.15, 0.2) is 42.0 Å². The zero-order valence-electron chi connectivity index (χ0n) is 11.2. The van der Waals surface area contributed by atoms with Crippen molar-refractivity contribution in [3.63, 3.8) is 0 Å². The van der Waals surface area contributed by atoms with Gasteiger partial charge in [0.15, 0.2) is 4.96 Å². The van der Waals surface area contributed by atoms with Gasteiger partial charge in [-0.05, 0) is 24.1 Å². The van der Waals surface area contributed by atoms with Crippen LogP contribution in [0, 0.1) is 0 Å². The molecule has 0 unspecified atom stereocenters. The number of hydrogen-bond donors (Lipinski definition) is 1. The lowest BCUT2D eigenvalue weighted by molar-refractivity contribution is 0.173. The maximum atomic E-state index is 9.73. The van der Waals surface area contributed by atoms with Crippen molar-refractivity contribution in [2.24, 2.45) is 0 Å². The Hall–Kier alpha value is -1.85. The van der Waals surface area contributed by atoms with Gasteiger partial charge in [-0.3, -0.25) is 4.40 Å². The van der Waals surface area contributed by atoms with Crippen LogP contribution < -0.4 is 4.74 Å². The molecule has 1 aromatic carbocycles. The summed E-state index contributed by atoms with van der Waals surface area (Å²) >= 11 is 1.61. The number of rotatable bonds is 5. The molecule has 1 atom stereocenters. The molecule has 0 amide bonds. The fourth-order valence-corrected chi connectivity index (χ4v) is 2.74. The van der Waals surface area contributed by atoms with Gasteiger partial charge in [0.2, 0.25) is 0 Å². The molecule has 3 aromatic rings. The molecule has 20 heavy (non-hydrogen) atoms. The highest BCUT2D eigenvalue weighted by Crippen LogP contribution is 2.20. The minimum Gasteiger partial charge on any atom is -0.487 e. The van der Waals surface area contributed by atoms with Crippen LogP contribution >= 0.6 is 11.3 Å². The van der Waals surface area contributed by atoms with Crippen LogP contribution in [0.5, 0.6) is 5.75 Å². The zero-order valence-corrected chi connectivity index (χ0v) is 12.0. The third-order valence-corrected chi connectivity index (χ3v) is 3.95. The van der Waals surface area contributed by atoms with E-state index in [0.29, 0.717) is 13.0 Å². The minimum absolute atomic E-state index is 0.399. The summed E-state index contributed by atoms with van der Waals surface area (Å²) in [5, 5.41) is 11.7. The highest BCUT2D eigenvalue weighted by molar-refractivity contribution is 7.15. The summed E-state index contributed by atoms with van der Waals surface area (Å²) in [5.74, 6) is 0.786. The van der Waals surface area contributed by atoms with Gasteiger partial charge in [0, 0.05) is 17.8 Å². The second-order valence-corrected chi connectivity index (χ2v) is 5.48. The topological polar surface area (TPSA) is 46.8 Å². The predicted molar refractivity (Wildman–Crippen MR) is 79.1 cm³/mol. The normalized spacial score (nSPS) is 12.7. The molecule has 0 saturated heterocycles. The van der Waals surface area contributed by atoms with Crippen LogP contribution in [0.25, 0.3) is 4.96 Å². The minimum atomic E-state index is -0.399. The van der Waals surface area contributed by atoms with Crippen LogP contribution in [-0.2, 0) is 6.61 Å². The average molecular weight is 288 g/mol. The second kappa shape index (κ2) is 5.64. The van der Waals surface area contributed by atoms with E-state index >= 15 is 0 Å².